The van der Waals surface area contributed by atoms with Crippen LogP contribution in [-0.4, -0.2) is 34.9 Å². The van der Waals surface area contributed by atoms with E-state index in [0.717, 1.165) is 60.8 Å². The van der Waals surface area contributed by atoms with Crippen molar-refractivity contribution in [1.29, 1.82) is 0 Å². The molecule has 2 aromatic heterocycles. The van der Waals surface area contributed by atoms with Gasteiger partial charge in [0, 0.05) is 41.9 Å². The fourth-order valence-electron chi connectivity index (χ4n) is 4.10. The van der Waals surface area contributed by atoms with Crippen molar-refractivity contribution >= 4 is 33.3 Å². The molecule has 4 aromatic rings. The van der Waals surface area contributed by atoms with Crippen LogP contribution in [0.25, 0.3) is 21.8 Å². The first-order chi connectivity index (χ1) is 15.6. The van der Waals surface area contributed by atoms with Crippen molar-refractivity contribution in [3.05, 3.63) is 54.5 Å². The molecule has 1 N–H and O–H groups in total. The first kappa shape index (κ1) is 22.1. The minimum Gasteiger partial charge on any atom is -0.497 e. The van der Waals surface area contributed by atoms with Crippen LogP contribution in [0.3, 0.4) is 0 Å². The van der Waals surface area contributed by atoms with Crippen molar-refractivity contribution in [3.63, 3.8) is 0 Å². The molecule has 4 rings (SSSR count). The third kappa shape index (κ3) is 4.86. The summed E-state index contributed by atoms with van der Waals surface area (Å²) in [6, 6.07) is 14.6. The lowest BCUT2D eigenvalue weighted by Gasteiger charge is -2.13. The minimum absolute atomic E-state index is 0.589. The summed E-state index contributed by atoms with van der Waals surface area (Å²) in [6.07, 6.45) is 3.66. The Hall–Kier alpha value is -3.12. The highest BCUT2D eigenvalue weighted by molar-refractivity contribution is 6.01. The smallest absolute Gasteiger partial charge is 0.141 e. The van der Waals surface area contributed by atoms with Gasteiger partial charge in [-0.25, -0.2) is 9.97 Å². The summed E-state index contributed by atoms with van der Waals surface area (Å²) in [7, 11) is 1.67. The first-order valence-electron chi connectivity index (χ1n) is 11.3. The van der Waals surface area contributed by atoms with Gasteiger partial charge < -0.3 is 19.4 Å². The molecule has 0 saturated carbocycles. The predicted molar refractivity (Wildman–Crippen MR) is 131 cm³/mol. The molecule has 6 heteroatoms. The van der Waals surface area contributed by atoms with E-state index in [1.807, 2.05) is 31.2 Å². The number of aryl methyl sites for hydroxylation is 1. The summed E-state index contributed by atoms with van der Waals surface area (Å²) in [5.74, 6) is 2.22. The van der Waals surface area contributed by atoms with E-state index in [-0.39, 0.29) is 0 Å². The lowest BCUT2D eigenvalue weighted by Crippen LogP contribution is -2.08. The third-order valence-corrected chi connectivity index (χ3v) is 5.59. The molecule has 0 radical (unpaired) electrons. The highest BCUT2D eigenvalue weighted by Crippen LogP contribution is 2.31. The van der Waals surface area contributed by atoms with Crippen LogP contribution in [0.4, 0.5) is 11.5 Å². The van der Waals surface area contributed by atoms with E-state index in [2.05, 4.69) is 51.9 Å². The molecule has 32 heavy (non-hydrogen) atoms. The Morgan fingerprint density at radius 1 is 1.06 bits per heavy atom. The van der Waals surface area contributed by atoms with Crippen LogP contribution in [0, 0.1) is 5.92 Å². The van der Waals surface area contributed by atoms with Gasteiger partial charge in [-0.1, -0.05) is 13.8 Å². The zero-order valence-corrected chi connectivity index (χ0v) is 19.4. The Morgan fingerprint density at radius 2 is 1.88 bits per heavy atom. The molecule has 0 aliphatic heterocycles. The quantitative estimate of drug-likeness (QED) is 0.313. The van der Waals surface area contributed by atoms with Gasteiger partial charge >= 0.3 is 0 Å². The second-order valence-electron chi connectivity index (χ2n) is 8.44. The van der Waals surface area contributed by atoms with Crippen LogP contribution in [0.2, 0.25) is 0 Å². The van der Waals surface area contributed by atoms with Gasteiger partial charge in [0.1, 0.15) is 17.9 Å². The molecule has 2 aromatic carbocycles. The van der Waals surface area contributed by atoms with Crippen molar-refractivity contribution in [2.24, 2.45) is 5.92 Å². The van der Waals surface area contributed by atoms with Crippen LogP contribution >= 0.6 is 0 Å². The number of rotatable bonds is 10. The molecule has 0 aliphatic carbocycles. The average Bonchev–Trinajstić information content (AvgIpc) is 3.11. The average molecular weight is 433 g/mol. The van der Waals surface area contributed by atoms with Gasteiger partial charge in [0.15, 0.2) is 0 Å². The number of methoxy groups -OCH3 is 1. The lowest BCUT2D eigenvalue weighted by atomic mass is 10.1. The van der Waals surface area contributed by atoms with Gasteiger partial charge in [-0.2, -0.15) is 0 Å². The number of ether oxygens (including phenoxy) is 2. The Labute approximate surface area is 189 Å². The second-order valence-corrected chi connectivity index (χ2v) is 8.44. The maximum Gasteiger partial charge on any atom is 0.141 e. The first-order valence-corrected chi connectivity index (χ1v) is 11.3. The van der Waals surface area contributed by atoms with Crippen molar-refractivity contribution in [2.45, 2.75) is 40.2 Å². The molecule has 0 bridgehead atoms. The highest BCUT2D eigenvalue weighted by Gasteiger charge is 2.14. The van der Waals surface area contributed by atoms with Crippen LogP contribution in [0.1, 0.15) is 32.9 Å². The summed E-state index contributed by atoms with van der Waals surface area (Å²) < 4.78 is 13.3. The number of hydrogen-bond donors (Lipinski definition) is 1. The minimum atomic E-state index is 0.589. The van der Waals surface area contributed by atoms with Gasteiger partial charge in [-0.3, -0.25) is 0 Å². The van der Waals surface area contributed by atoms with Crippen LogP contribution < -0.4 is 10.1 Å². The molecule has 0 amide bonds. The van der Waals surface area contributed by atoms with E-state index in [1.165, 1.54) is 16.6 Å². The van der Waals surface area contributed by atoms with E-state index in [0.29, 0.717) is 5.92 Å². The number of nitrogens with zero attached hydrogens (tertiary/aromatic N) is 3. The number of hydrogen-bond acceptors (Lipinski definition) is 5. The molecule has 6 nitrogen and oxygen atoms in total. The molecule has 0 unspecified atom stereocenters. The van der Waals surface area contributed by atoms with Crippen LogP contribution in [0.5, 0.6) is 5.75 Å². The Bertz CT molecular complexity index is 1180. The number of aromatic nitrogens is 3. The fourth-order valence-corrected chi connectivity index (χ4v) is 4.10. The van der Waals surface area contributed by atoms with E-state index in [9.17, 15) is 0 Å². The van der Waals surface area contributed by atoms with Crippen molar-refractivity contribution < 1.29 is 9.47 Å². The maximum absolute atomic E-state index is 5.57. The number of anilines is 2. The number of benzene rings is 2. The van der Waals surface area contributed by atoms with Gasteiger partial charge in [-0.15, -0.1) is 0 Å². The topological polar surface area (TPSA) is 61.2 Å². The SMILES string of the molecule is CCOCCCn1c(CC(C)C)cc2cc3c(Nc4ccc(OC)cc4)ncnc3cc21. The van der Waals surface area contributed by atoms with E-state index < -0.39 is 0 Å². The molecule has 0 aliphatic rings. The van der Waals surface area contributed by atoms with E-state index in [1.54, 1.807) is 13.4 Å². The number of fused-ring (bicyclic) bond motifs is 2. The molecular weight excluding hydrogens is 400 g/mol. The summed E-state index contributed by atoms with van der Waals surface area (Å²) >= 11 is 0. The third-order valence-electron chi connectivity index (χ3n) is 5.59. The lowest BCUT2D eigenvalue weighted by molar-refractivity contribution is 0.141. The molecule has 0 saturated heterocycles. The normalized spacial score (nSPS) is 11.5. The summed E-state index contributed by atoms with van der Waals surface area (Å²) in [5.41, 5.74) is 4.47. The van der Waals surface area contributed by atoms with E-state index >= 15 is 0 Å². The second kappa shape index (κ2) is 10.0. The molecule has 0 spiro atoms. The molecule has 0 atom stereocenters. The van der Waals surface area contributed by atoms with Gasteiger partial charge in [-0.05, 0) is 68.1 Å². The predicted octanol–water partition coefficient (Wildman–Crippen LogP) is 5.96. The van der Waals surface area contributed by atoms with Crippen molar-refractivity contribution in [1.82, 2.24) is 14.5 Å². The maximum atomic E-state index is 5.57. The Morgan fingerprint density at radius 3 is 2.59 bits per heavy atom. The Kier molecular flexibility index (Phi) is 6.90. The molecule has 2 heterocycles. The zero-order chi connectivity index (χ0) is 22.5. The van der Waals surface area contributed by atoms with Crippen molar-refractivity contribution in [2.75, 3.05) is 25.6 Å². The number of nitrogens with one attached hydrogen (secondary N) is 1. The molecule has 0 fully saturated rings. The summed E-state index contributed by atoms with van der Waals surface area (Å²) in [6.45, 7) is 9.06. The van der Waals surface area contributed by atoms with Crippen LogP contribution in [-0.2, 0) is 17.7 Å². The van der Waals surface area contributed by atoms with Crippen molar-refractivity contribution in [3.8, 4) is 5.75 Å². The summed E-state index contributed by atoms with van der Waals surface area (Å²) in [5, 5.41) is 5.67. The standard InChI is InChI=1S/C26H32N4O2/c1-5-32-12-6-11-30-21(13-18(2)3)14-19-15-23-24(16-25(19)30)27-17-28-26(23)29-20-7-9-22(31-4)10-8-20/h7-10,14-18H,5-6,11-13H2,1-4H3,(H,27,28,29). The van der Waals surface area contributed by atoms with Gasteiger partial charge in [0.05, 0.1) is 18.1 Å². The fraction of sp³-hybridized carbons (Fsp3) is 0.385. The highest BCUT2D eigenvalue weighted by atomic mass is 16.5. The molecule has 168 valence electrons. The summed E-state index contributed by atoms with van der Waals surface area (Å²) in [4.78, 5) is 9.10. The van der Waals surface area contributed by atoms with E-state index in [4.69, 9.17) is 9.47 Å². The largest absolute Gasteiger partial charge is 0.497 e. The van der Waals surface area contributed by atoms with Gasteiger partial charge in [0.2, 0.25) is 0 Å². The monoisotopic (exact) mass is 432 g/mol. The van der Waals surface area contributed by atoms with Gasteiger partial charge in [0.25, 0.3) is 0 Å². The Balaban J connectivity index is 1.72. The zero-order valence-electron chi connectivity index (χ0n) is 19.4. The van der Waals surface area contributed by atoms with Crippen LogP contribution in [0.15, 0.2) is 48.8 Å². The molecular formula is C26H32N4O2.